The summed E-state index contributed by atoms with van der Waals surface area (Å²) < 4.78 is 14.1. The van der Waals surface area contributed by atoms with Crippen LogP contribution in [0, 0.1) is 11.7 Å². The van der Waals surface area contributed by atoms with Crippen LogP contribution in [0.3, 0.4) is 0 Å². The lowest BCUT2D eigenvalue weighted by atomic mass is 9.88. The minimum absolute atomic E-state index is 0.107. The van der Waals surface area contributed by atoms with E-state index in [9.17, 15) is 14.0 Å². The van der Waals surface area contributed by atoms with E-state index in [0.717, 1.165) is 25.7 Å². The molecular formula is C23H23Cl2FN2O2S. The molecule has 2 aliphatic rings. The number of rotatable bonds is 4. The highest BCUT2D eigenvalue weighted by molar-refractivity contribution is 8.00. The molecule has 1 aliphatic carbocycles. The minimum atomic E-state index is -0.712. The van der Waals surface area contributed by atoms with Crippen molar-refractivity contribution >= 4 is 52.5 Å². The average Bonchev–Trinajstić information content (AvgIpc) is 3.21. The van der Waals surface area contributed by atoms with Crippen LogP contribution in [0.1, 0.15) is 42.5 Å². The Morgan fingerprint density at radius 2 is 1.81 bits per heavy atom. The van der Waals surface area contributed by atoms with Crippen molar-refractivity contribution < 1.29 is 14.0 Å². The van der Waals surface area contributed by atoms with E-state index in [4.69, 9.17) is 23.2 Å². The van der Waals surface area contributed by atoms with Gasteiger partial charge in [0.05, 0.1) is 21.6 Å². The fourth-order valence-corrected chi connectivity index (χ4v) is 6.48. The number of carbonyl (C=O) groups is 2. The summed E-state index contributed by atoms with van der Waals surface area (Å²) in [6.45, 7) is 0. The maximum absolute atomic E-state index is 14.1. The van der Waals surface area contributed by atoms with E-state index in [-0.39, 0.29) is 22.0 Å². The second-order valence-electron chi connectivity index (χ2n) is 7.94. The van der Waals surface area contributed by atoms with Crippen LogP contribution >= 0.6 is 35.0 Å². The van der Waals surface area contributed by atoms with E-state index in [1.807, 2.05) is 0 Å². The molecule has 4 rings (SSSR count). The summed E-state index contributed by atoms with van der Waals surface area (Å²) in [4.78, 5) is 28.4. The number of benzene rings is 2. The second kappa shape index (κ2) is 9.80. The summed E-state index contributed by atoms with van der Waals surface area (Å²) in [7, 11) is 0. The van der Waals surface area contributed by atoms with Crippen LogP contribution in [0.5, 0.6) is 0 Å². The molecule has 1 N–H and O–H groups in total. The third kappa shape index (κ3) is 4.86. The first-order chi connectivity index (χ1) is 15.0. The van der Waals surface area contributed by atoms with Crippen molar-refractivity contribution in [3.05, 3.63) is 63.9 Å². The molecule has 1 saturated carbocycles. The van der Waals surface area contributed by atoms with Crippen molar-refractivity contribution in [1.82, 2.24) is 4.90 Å². The number of halogens is 3. The van der Waals surface area contributed by atoms with Gasteiger partial charge in [-0.25, -0.2) is 4.39 Å². The number of para-hydroxylation sites is 1. The van der Waals surface area contributed by atoms with Gasteiger partial charge in [0.25, 0.3) is 5.91 Å². The van der Waals surface area contributed by atoms with Gasteiger partial charge in [-0.05, 0) is 49.1 Å². The third-order valence-corrected chi connectivity index (χ3v) is 7.93. The number of nitrogens with zero attached hydrogens (tertiary/aromatic N) is 1. The number of thioether (sulfide) groups is 1. The van der Waals surface area contributed by atoms with Gasteiger partial charge in [0.2, 0.25) is 5.91 Å². The molecule has 31 heavy (non-hydrogen) atoms. The Morgan fingerprint density at radius 3 is 2.52 bits per heavy atom. The first kappa shape index (κ1) is 22.4. The quantitative estimate of drug-likeness (QED) is 0.563. The molecule has 0 spiro atoms. The lowest BCUT2D eigenvalue weighted by Crippen LogP contribution is -2.50. The van der Waals surface area contributed by atoms with Crippen molar-refractivity contribution in [2.24, 2.45) is 5.92 Å². The Hall–Kier alpha value is -1.76. The van der Waals surface area contributed by atoms with E-state index in [0.29, 0.717) is 22.3 Å². The van der Waals surface area contributed by atoms with Crippen molar-refractivity contribution in [3.8, 4) is 0 Å². The van der Waals surface area contributed by atoms with Gasteiger partial charge < -0.3 is 10.2 Å². The van der Waals surface area contributed by atoms with Crippen LogP contribution in [0.25, 0.3) is 0 Å². The van der Waals surface area contributed by atoms with E-state index in [1.54, 1.807) is 40.9 Å². The second-order valence-corrected chi connectivity index (χ2v) is 9.94. The van der Waals surface area contributed by atoms with Crippen LogP contribution < -0.4 is 5.32 Å². The van der Waals surface area contributed by atoms with Gasteiger partial charge in [0.15, 0.2) is 0 Å². The number of carbonyl (C=O) groups excluding carboxylic acids is 2. The molecule has 4 nitrogen and oxygen atoms in total. The molecule has 8 heteroatoms. The molecule has 1 aliphatic heterocycles. The predicted molar refractivity (Wildman–Crippen MR) is 124 cm³/mol. The fourth-order valence-electron chi connectivity index (χ4n) is 4.35. The Bertz CT molecular complexity index is 984. The topological polar surface area (TPSA) is 49.4 Å². The zero-order valence-corrected chi connectivity index (χ0v) is 19.2. The number of amides is 2. The SMILES string of the molecule is O=C(Nc1ccccc1F)C1CSC(C2CCCCC2)N1C(=O)c1ccc(Cl)cc1Cl. The smallest absolute Gasteiger partial charge is 0.256 e. The fraction of sp³-hybridized carbons (Fsp3) is 0.391. The van der Waals surface area contributed by atoms with Crippen LogP contribution in [0.15, 0.2) is 42.5 Å². The first-order valence-electron chi connectivity index (χ1n) is 10.4. The first-order valence-corrected chi connectivity index (χ1v) is 12.2. The molecular weight excluding hydrogens is 458 g/mol. The van der Waals surface area contributed by atoms with E-state index >= 15 is 0 Å². The highest BCUT2D eigenvalue weighted by Crippen LogP contribution is 2.42. The lowest BCUT2D eigenvalue weighted by Gasteiger charge is -2.35. The molecule has 2 atom stereocenters. The molecule has 2 amide bonds. The zero-order valence-electron chi connectivity index (χ0n) is 16.8. The van der Waals surface area contributed by atoms with Gasteiger partial charge in [-0.1, -0.05) is 54.6 Å². The predicted octanol–water partition coefficient (Wildman–Crippen LogP) is 6.24. The molecule has 164 valence electrons. The molecule has 0 radical (unpaired) electrons. The monoisotopic (exact) mass is 480 g/mol. The number of hydrogen-bond acceptors (Lipinski definition) is 3. The standard InChI is InChI=1S/C23H23Cl2FN2O2S/c24-15-10-11-16(17(25)12-15)22(30)28-20(13-31-23(28)14-6-2-1-3-7-14)21(29)27-19-9-5-4-8-18(19)26/h4-5,8-12,14,20,23H,1-3,6-7,13H2,(H,27,29). The molecule has 2 unspecified atom stereocenters. The molecule has 1 saturated heterocycles. The Morgan fingerprint density at radius 1 is 1.06 bits per heavy atom. The molecule has 2 aromatic rings. The molecule has 2 fully saturated rings. The van der Waals surface area contributed by atoms with Gasteiger partial charge in [0.1, 0.15) is 11.9 Å². The van der Waals surface area contributed by atoms with Gasteiger partial charge in [-0.3, -0.25) is 9.59 Å². The van der Waals surface area contributed by atoms with Crippen LogP contribution in [-0.4, -0.2) is 33.9 Å². The van der Waals surface area contributed by atoms with Gasteiger partial charge >= 0.3 is 0 Å². The summed E-state index contributed by atoms with van der Waals surface area (Å²) in [6, 6.07) is 10.1. The normalized spacial score (nSPS) is 21.8. The summed E-state index contributed by atoms with van der Waals surface area (Å²) in [5.74, 6) is -0.424. The highest BCUT2D eigenvalue weighted by atomic mass is 35.5. The average molecular weight is 481 g/mol. The highest BCUT2D eigenvalue weighted by Gasteiger charge is 2.45. The third-order valence-electron chi connectivity index (χ3n) is 5.92. The summed E-state index contributed by atoms with van der Waals surface area (Å²) >= 11 is 13.9. The summed E-state index contributed by atoms with van der Waals surface area (Å²) in [6.07, 6.45) is 5.49. The summed E-state index contributed by atoms with van der Waals surface area (Å²) in [5.41, 5.74) is 0.425. The minimum Gasteiger partial charge on any atom is -0.322 e. The lowest BCUT2D eigenvalue weighted by molar-refractivity contribution is -0.120. The van der Waals surface area contributed by atoms with Crippen molar-refractivity contribution in [1.29, 1.82) is 0 Å². The molecule has 0 bridgehead atoms. The maximum Gasteiger partial charge on any atom is 0.256 e. The molecule has 2 aromatic carbocycles. The van der Waals surface area contributed by atoms with Crippen molar-refractivity contribution in [2.75, 3.05) is 11.1 Å². The Labute approximate surface area is 195 Å². The van der Waals surface area contributed by atoms with Gasteiger partial charge in [0, 0.05) is 10.8 Å². The van der Waals surface area contributed by atoms with Crippen molar-refractivity contribution in [3.63, 3.8) is 0 Å². The number of hydrogen-bond donors (Lipinski definition) is 1. The van der Waals surface area contributed by atoms with Crippen LogP contribution in [-0.2, 0) is 4.79 Å². The van der Waals surface area contributed by atoms with E-state index < -0.39 is 17.8 Å². The number of anilines is 1. The van der Waals surface area contributed by atoms with Gasteiger partial charge in [-0.2, -0.15) is 0 Å². The molecule has 0 aromatic heterocycles. The largest absolute Gasteiger partial charge is 0.322 e. The van der Waals surface area contributed by atoms with Gasteiger partial charge in [-0.15, -0.1) is 11.8 Å². The maximum atomic E-state index is 14.1. The number of nitrogens with one attached hydrogen (secondary N) is 1. The van der Waals surface area contributed by atoms with Crippen LogP contribution in [0.4, 0.5) is 10.1 Å². The van der Waals surface area contributed by atoms with Crippen molar-refractivity contribution in [2.45, 2.75) is 43.5 Å². The Balaban J connectivity index is 1.64. The summed E-state index contributed by atoms with van der Waals surface area (Å²) in [5, 5.41) is 3.24. The molecule has 1 heterocycles. The van der Waals surface area contributed by atoms with E-state index in [1.165, 1.54) is 24.6 Å². The zero-order chi connectivity index (χ0) is 22.0. The Kier molecular flexibility index (Phi) is 7.09. The van der Waals surface area contributed by atoms with E-state index in [2.05, 4.69) is 5.32 Å². The van der Waals surface area contributed by atoms with Crippen LogP contribution in [0.2, 0.25) is 10.0 Å².